The van der Waals surface area contributed by atoms with Crippen LogP contribution in [0.3, 0.4) is 0 Å². The second-order valence-corrected chi connectivity index (χ2v) is 10.7. The lowest BCUT2D eigenvalue weighted by atomic mass is 9.95. The van der Waals surface area contributed by atoms with Gasteiger partial charge >= 0.3 is 0 Å². The molecule has 4 aliphatic rings. The Morgan fingerprint density at radius 2 is 1.64 bits per heavy atom. The van der Waals surface area contributed by atoms with E-state index in [1.165, 1.54) is 24.3 Å². The Morgan fingerprint density at radius 1 is 1.03 bits per heavy atom. The average Bonchev–Trinajstić information content (AvgIpc) is 3.19. The van der Waals surface area contributed by atoms with Gasteiger partial charge in [0.1, 0.15) is 17.7 Å². The zero-order valence-electron chi connectivity index (χ0n) is 20.1. The summed E-state index contributed by atoms with van der Waals surface area (Å²) >= 11 is 0. The van der Waals surface area contributed by atoms with Crippen molar-refractivity contribution < 1.29 is 18.4 Å². The van der Waals surface area contributed by atoms with E-state index in [1.54, 1.807) is 29.2 Å². The molecule has 4 fully saturated rings. The van der Waals surface area contributed by atoms with Crippen molar-refractivity contribution in [2.75, 3.05) is 13.1 Å². The highest BCUT2D eigenvalue weighted by molar-refractivity contribution is 5.87. The van der Waals surface area contributed by atoms with Crippen molar-refractivity contribution in [3.8, 4) is 6.07 Å². The van der Waals surface area contributed by atoms with Crippen LogP contribution in [0.2, 0.25) is 0 Å². The highest BCUT2D eigenvalue weighted by atomic mass is 19.1. The molecule has 36 heavy (non-hydrogen) atoms. The minimum atomic E-state index is -0.442. The number of carbonyl (C=O) groups is 2. The van der Waals surface area contributed by atoms with Gasteiger partial charge in [-0.2, -0.15) is 5.26 Å². The number of carbonyl (C=O) groups excluding carboxylic acids is 2. The predicted octanol–water partition coefficient (Wildman–Crippen LogP) is 3.49. The molecule has 6 nitrogen and oxygen atoms in total. The van der Waals surface area contributed by atoms with Crippen LogP contribution < -0.4 is 0 Å². The number of benzene rings is 2. The second kappa shape index (κ2) is 8.67. The summed E-state index contributed by atoms with van der Waals surface area (Å²) in [4.78, 5) is 32.6. The molecular formula is C28H28F2N4O2. The first kappa shape index (κ1) is 23.1. The summed E-state index contributed by atoms with van der Waals surface area (Å²) in [6.45, 7) is 3.00. The molecule has 2 bridgehead atoms. The molecule has 1 unspecified atom stereocenters. The first-order valence-electron chi connectivity index (χ1n) is 12.6. The second-order valence-electron chi connectivity index (χ2n) is 10.7. The molecule has 1 aliphatic carbocycles. The Morgan fingerprint density at radius 3 is 2.19 bits per heavy atom. The van der Waals surface area contributed by atoms with Gasteiger partial charge in [0.05, 0.1) is 18.2 Å². The van der Waals surface area contributed by atoms with Crippen LogP contribution in [0.4, 0.5) is 8.78 Å². The Hall–Kier alpha value is -3.31. The van der Waals surface area contributed by atoms with Crippen LogP contribution in [0.15, 0.2) is 48.5 Å². The van der Waals surface area contributed by atoms with E-state index in [-0.39, 0.29) is 53.5 Å². The van der Waals surface area contributed by atoms with E-state index >= 15 is 0 Å². The molecule has 2 amide bonds. The summed E-state index contributed by atoms with van der Waals surface area (Å²) in [5.41, 5.74) is 1.55. The van der Waals surface area contributed by atoms with E-state index in [9.17, 15) is 23.6 Å². The number of piperidine rings is 1. The molecule has 6 rings (SSSR count). The third kappa shape index (κ3) is 3.77. The number of nitriles is 1. The number of halogens is 2. The topological polar surface area (TPSA) is 67.7 Å². The fourth-order valence-corrected chi connectivity index (χ4v) is 6.61. The zero-order valence-corrected chi connectivity index (χ0v) is 20.1. The van der Waals surface area contributed by atoms with Crippen molar-refractivity contribution in [1.29, 1.82) is 5.26 Å². The van der Waals surface area contributed by atoms with Crippen LogP contribution in [0.5, 0.6) is 0 Å². The number of piperazine rings is 1. The van der Waals surface area contributed by atoms with Crippen molar-refractivity contribution in [2.24, 2.45) is 11.8 Å². The summed E-state index contributed by atoms with van der Waals surface area (Å²) in [6, 6.07) is 13.5. The lowest BCUT2D eigenvalue weighted by Gasteiger charge is -2.40. The Kier molecular flexibility index (Phi) is 5.56. The van der Waals surface area contributed by atoms with Crippen molar-refractivity contribution in [1.82, 2.24) is 14.7 Å². The summed E-state index contributed by atoms with van der Waals surface area (Å²) in [7, 11) is 0. The van der Waals surface area contributed by atoms with Crippen molar-refractivity contribution in [3.63, 3.8) is 0 Å². The third-order valence-electron chi connectivity index (χ3n) is 8.40. The third-order valence-corrected chi connectivity index (χ3v) is 8.40. The predicted molar refractivity (Wildman–Crippen MR) is 127 cm³/mol. The number of nitrogens with zero attached hydrogens (tertiary/aromatic N) is 4. The van der Waals surface area contributed by atoms with Gasteiger partial charge < -0.3 is 9.80 Å². The Labute approximate surface area is 209 Å². The fourth-order valence-electron chi connectivity index (χ4n) is 6.61. The molecule has 6 atom stereocenters. The lowest BCUT2D eigenvalue weighted by Crippen LogP contribution is -2.53. The maximum atomic E-state index is 13.7. The Bertz CT molecular complexity index is 1180. The number of amides is 2. The highest BCUT2D eigenvalue weighted by Gasteiger charge is 2.56. The van der Waals surface area contributed by atoms with Crippen LogP contribution in [0.25, 0.3) is 0 Å². The first-order chi connectivity index (χ1) is 17.4. The SMILES string of the molecule is C[C@@H](CN1C[C@@H]2C[C@H]1C(=O)N2C(c1ccc(F)cc1)c1ccc(F)cc1)C(=O)N1C2C[C@H]2C[C@H]1C#N. The fraction of sp³-hybridized carbons (Fsp3) is 0.464. The van der Waals surface area contributed by atoms with Crippen LogP contribution in [0, 0.1) is 34.8 Å². The molecular weight excluding hydrogens is 462 g/mol. The molecule has 0 aromatic heterocycles. The summed E-state index contributed by atoms with van der Waals surface area (Å²) < 4.78 is 27.3. The number of hydrogen-bond donors (Lipinski definition) is 0. The molecule has 0 spiro atoms. The summed E-state index contributed by atoms with van der Waals surface area (Å²) in [5.74, 6) is -0.559. The summed E-state index contributed by atoms with van der Waals surface area (Å²) in [5, 5.41) is 9.46. The number of likely N-dealkylation sites (tertiary alicyclic amines) is 3. The van der Waals surface area contributed by atoms with Gasteiger partial charge in [0, 0.05) is 31.1 Å². The largest absolute Gasteiger partial charge is 0.326 e. The average molecular weight is 491 g/mol. The van der Waals surface area contributed by atoms with Crippen LogP contribution in [0.1, 0.15) is 43.4 Å². The van der Waals surface area contributed by atoms with Crippen molar-refractivity contribution in [2.45, 2.75) is 56.4 Å². The van der Waals surface area contributed by atoms with E-state index in [0.29, 0.717) is 25.4 Å². The Balaban J connectivity index is 1.20. The van der Waals surface area contributed by atoms with Gasteiger partial charge in [-0.05, 0) is 60.6 Å². The van der Waals surface area contributed by atoms with Gasteiger partial charge in [0.2, 0.25) is 11.8 Å². The molecule has 2 aromatic rings. The van der Waals surface area contributed by atoms with Gasteiger partial charge in [-0.25, -0.2) is 8.78 Å². The van der Waals surface area contributed by atoms with E-state index in [0.717, 1.165) is 24.0 Å². The first-order valence-corrected chi connectivity index (χ1v) is 12.6. The van der Waals surface area contributed by atoms with Crippen molar-refractivity contribution in [3.05, 3.63) is 71.3 Å². The van der Waals surface area contributed by atoms with E-state index in [1.807, 2.05) is 11.8 Å². The quantitative estimate of drug-likeness (QED) is 0.622. The molecule has 3 saturated heterocycles. The minimum absolute atomic E-state index is 0.00845. The van der Waals surface area contributed by atoms with Crippen LogP contribution >= 0.6 is 0 Å². The standard InChI is InChI=1S/C28H28F2N4O2/c1-16(27(35)33-22(13-31)10-19-11-24(19)33)14-32-15-23-12-25(32)28(36)34(23)26(17-2-6-20(29)7-3-17)18-4-8-21(30)9-5-18/h2-9,16,19,22-26H,10-12,14-15H2,1H3/t16-,19+,22-,23-,24?,25-/m0/s1. The molecule has 3 aliphatic heterocycles. The van der Waals surface area contributed by atoms with Gasteiger partial charge in [-0.15, -0.1) is 0 Å². The maximum absolute atomic E-state index is 13.7. The lowest BCUT2D eigenvalue weighted by molar-refractivity contribution is -0.142. The minimum Gasteiger partial charge on any atom is -0.326 e. The maximum Gasteiger partial charge on any atom is 0.241 e. The molecule has 1 saturated carbocycles. The summed E-state index contributed by atoms with van der Waals surface area (Å²) in [6.07, 6.45) is 2.43. The van der Waals surface area contributed by atoms with E-state index < -0.39 is 6.04 Å². The highest BCUT2D eigenvalue weighted by Crippen LogP contribution is 2.48. The monoisotopic (exact) mass is 490 g/mol. The van der Waals surface area contributed by atoms with Gasteiger partial charge in [-0.3, -0.25) is 14.5 Å². The molecule has 0 radical (unpaired) electrons. The molecule has 2 aromatic carbocycles. The molecule has 3 heterocycles. The number of hydrogen-bond acceptors (Lipinski definition) is 4. The van der Waals surface area contributed by atoms with E-state index in [2.05, 4.69) is 11.0 Å². The molecule has 186 valence electrons. The molecule has 0 N–H and O–H groups in total. The van der Waals surface area contributed by atoms with Crippen LogP contribution in [-0.4, -0.2) is 63.8 Å². The zero-order chi connectivity index (χ0) is 25.1. The smallest absolute Gasteiger partial charge is 0.241 e. The van der Waals surface area contributed by atoms with Gasteiger partial charge in [0.25, 0.3) is 0 Å². The van der Waals surface area contributed by atoms with E-state index in [4.69, 9.17) is 0 Å². The normalized spacial score (nSPS) is 29.5. The van der Waals surface area contributed by atoms with Crippen molar-refractivity contribution >= 4 is 11.8 Å². The molecule has 8 heteroatoms. The van der Waals surface area contributed by atoms with Crippen LogP contribution in [-0.2, 0) is 9.59 Å². The number of rotatable bonds is 6. The van der Waals surface area contributed by atoms with Gasteiger partial charge in [-0.1, -0.05) is 31.2 Å². The number of fused-ring (bicyclic) bond motifs is 3. The van der Waals surface area contributed by atoms with Gasteiger partial charge in [0.15, 0.2) is 0 Å².